The van der Waals surface area contributed by atoms with E-state index < -0.39 is 22.0 Å². The van der Waals surface area contributed by atoms with E-state index in [0.717, 1.165) is 17.0 Å². The molecule has 0 spiro atoms. The summed E-state index contributed by atoms with van der Waals surface area (Å²) in [5.74, 6) is -0.321. The van der Waals surface area contributed by atoms with Crippen molar-refractivity contribution >= 4 is 33.3 Å². The number of nitrogens with one attached hydrogen (secondary N) is 1. The molecule has 0 aliphatic carbocycles. The minimum Gasteiger partial charge on any atom is -0.401 e. The average molecular weight is 422 g/mol. The number of sulfonamides is 1. The molecule has 148 valence electrons. The molecule has 1 amide bonds. The van der Waals surface area contributed by atoms with Crippen LogP contribution in [0.15, 0.2) is 32.2 Å². The highest BCUT2D eigenvalue weighted by atomic mass is 32.2. The fourth-order valence-electron chi connectivity index (χ4n) is 3.05. The number of thiophene rings is 1. The van der Waals surface area contributed by atoms with Gasteiger partial charge in [0, 0.05) is 19.3 Å². The summed E-state index contributed by atoms with van der Waals surface area (Å²) in [7, 11) is -1.92. The van der Waals surface area contributed by atoms with Crippen LogP contribution >= 0.6 is 11.3 Å². The van der Waals surface area contributed by atoms with Gasteiger partial charge in [-0.2, -0.15) is 9.40 Å². The molecule has 1 fully saturated rings. The molecule has 10 nitrogen and oxygen atoms in total. The number of aromatic nitrogens is 4. The van der Waals surface area contributed by atoms with Crippen molar-refractivity contribution in [1.29, 1.82) is 0 Å². The van der Waals surface area contributed by atoms with Crippen molar-refractivity contribution in [3.05, 3.63) is 29.3 Å². The van der Waals surface area contributed by atoms with Gasteiger partial charge in [0.15, 0.2) is 0 Å². The topological polar surface area (TPSA) is 123 Å². The van der Waals surface area contributed by atoms with Crippen LogP contribution in [0.25, 0.3) is 11.6 Å². The second-order valence-corrected chi connectivity index (χ2v) is 9.47. The van der Waals surface area contributed by atoms with Gasteiger partial charge in [0.05, 0.1) is 0 Å². The molecule has 1 N–H and O–H groups in total. The molecule has 1 unspecified atom stereocenters. The van der Waals surface area contributed by atoms with Gasteiger partial charge in [-0.1, -0.05) is 11.2 Å². The van der Waals surface area contributed by atoms with E-state index in [1.807, 2.05) is 6.92 Å². The molecule has 4 rings (SSSR count). The van der Waals surface area contributed by atoms with Crippen molar-refractivity contribution in [1.82, 2.24) is 24.3 Å². The molecule has 0 aromatic carbocycles. The summed E-state index contributed by atoms with van der Waals surface area (Å²) in [4.78, 5) is 12.7. The maximum absolute atomic E-state index is 12.8. The van der Waals surface area contributed by atoms with Crippen molar-refractivity contribution in [2.24, 2.45) is 7.05 Å². The van der Waals surface area contributed by atoms with E-state index in [-0.39, 0.29) is 16.1 Å². The van der Waals surface area contributed by atoms with Crippen LogP contribution in [0.1, 0.15) is 18.5 Å². The SMILES string of the molecule is Cc1cc(-c2nnc(NC(=O)C3CCCN3S(=O)(=O)c3cccs3)o2)nn1C. The Bertz CT molecular complexity index is 1080. The van der Waals surface area contributed by atoms with Crippen molar-refractivity contribution < 1.29 is 17.6 Å². The number of hydrogen-bond acceptors (Lipinski definition) is 8. The molecule has 4 heterocycles. The van der Waals surface area contributed by atoms with E-state index in [1.165, 1.54) is 10.4 Å². The van der Waals surface area contributed by atoms with Gasteiger partial charge < -0.3 is 4.42 Å². The van der Waals surface area contributed by atoms with Gasteiger partial charge >= 0.3 is 6.01 Å². The Morgan fingerprint density at radius 1 is 1.39 bits per heavy atom. The van der Waals surface area contributed by atoms with Crippen LogP contribution in [0.4, 0.5) is 6.01 Å². The fraction of sp³-hybridized carbons (Fsp3) is 0.375. The Kier molecular flexibility index (Phi) is 4.77. The van der Waals surface area contributed by atoms with E-state index >= 15 is 0 Å². The van der Waals surface area contributed by atoms with Crippen LogP contribution in [-0.4, -0.2) is 51.2 Å². The summed E-state index contributed by atoms with van der Waals surface area (Å²) in [6.45, 7) is 2.18. The van der Waals surface area contributed by atoms with Gasteiger partial charge in [0.25, 0.3) is 15.9 Å². The largest absolute Gasteiger partial charge is 0.401 e. The zero-order valence-electron chi connectivity index (χ0n) is 15.2. The van der Waals surface area contributed by atoms with Gasteiger partial charge in [0.2, 0.25) is 5.91 Å². The monoisotopic (exact) mass is 422 g/mol. The third-order valence-electron chi connectivity index (χ3n) is 4.55. The van der Waals surface area contributed by atoms with Gasteiger partial charge in [-0.3, -0.25) is 14.8 Å². The number of carbonyl (C=O) groups excluding carboxylic acids is 1. The van der Waals surface area contributed by atoms with E-state index in [4.69, 9.17) is 4.42 Å². The number of hydrogen-bond donors (Lipinski definition) is 1. The number of rotatable bonds is 5. The van der Waals surface area contributed by atoms with Gasteiger partial charge in [0.1, 0.15) is 15.9 Å². The molecule has 0 saturated carbocycles. The highest BCUT2D eigenvalue weighted by molar-refractivity contribution is 7.91. The minimum atomic E-state index is -3.71. The maximum Gasteiger partial charge on any atom is 0.322 e. The van der Waals surface area contributed by atoms with E-state index in [0.29, 0.717) is 25.1 Å². The minimum absolute atomic E-state index is 0.0938. The molecule has 3 aromatic rings. The normalized spacial score (nSPS) is 17.9. The molecule has 1 saturated heterocycles. The molecule has 1 aliphatic heterocycles. The number of amides is 1. The first-order chi connectivity index (χ1) is 13.4. The number of anilines is 1. The number of carbonyl (C=O) groups is 1. The van der Waals surface area contributed by atoms with Crippen LogP contribution < -0.4 is 5.32 Å². The summed E-state index contributed by atoms with van der Waals surface area (Å²) >= 11 is 1.13. The van der Waals surface area contributed by atoms with Crippen LogP contribution in [-0.2, 0) is 21.9 Å². The Morgan fingerprint density at radius 3 is 2.89 bits per heavy atom. The summed E-state index contributed by atoms with van der Waals surface area (Å²) < 4.78 is 34.1. The van der Waals surface area contributed by atoms with Gasteiger partial charge in [-0.25, -0.2) is 8.42 Å². The Morgan fingerprint density at radius 2 is 2.21 bits per heavy atom. The molecule has 0 radical (unpaired) electrons. The smallest absolute Gasteiger partial charge is 0.322 e. The molecule has 12 heteroatoms. The Labute approximate surface area is 165 Å². The Balaban J connectivity index is 1.50. The first-order valence-electron chi connectivity index (χ1n) is 8.57. The lowest BCUT2D eigenvalue weighted by atomic mass is 10.2. The van der Waals surface area contributed by atoms with E-state index in [9.17, 15) is 13.2 Å². The Hall–Kier alpha value is -2.57. The highest BCUT2D eigenvalue weighted by Gasteiger charge is 2.40. The highest BCUT2D eigenvalue weighted by Crippen LogP contribution is 2.29. The standard InChI is InChI=1S/C16H18N6O4S2/c1-10-9-11(20-21(10)2)15-18-19-16(26-15)17-14(23)12-5-3-7-22(12)28(24,25)13-6-4-8-27-13/h4,6,8-9,12H,3,5,7H2,1-2H3,(H,17,19,23). The fourth-order valence-corrected chi connectivity index (χ4v) is 5.82. The lowest BCUT2D eigenvalue weighted by Gasteiger charge is -2.21. The number of nitrogens with zero attached hydrogens (tertiary/aromatic N) is 5. The molecule has 1 aliphatic rings. The van der Waals surface area contributed by atoms with Crippen molar-refractivity contribution in [2.75, 3.05) is 11.9 Å². The second kappa shape index (κ2) is 7.11. The third kappa shape index (κ3) is 3.34. The summed E-state index contributed by atoms with van der Waals surface area (Å²) in [6.07, 6.45) is 1.03. The second-order valence-electron chi connectivity index (χ2n) is 6.40. The summed E-state index contributed by atoms with van der Waals surface area (Å²) in [5, 5.41) is 16.2. The third-order valence-corrected chi connectivity index (χ3v) is 7.83. The average Bonchev–Trinajstić information content (AvgIpc) is 3.43. The van der Waals surface area contributed by atoms with Crippen molar-refractivity contribution in [3.8, 4) is 11.6 Å². The van der Waals surface area contributed by atoms with Crippen LogP contribution in [0, 0.1) is 6.92 Å². The van der Waals surface area contributed by atoms with Crippen LogP contribution in [0.2, 0.25) is 0 Å². The quantitative estimate of drug-likeness (QED) is 0.663. The summed E-state index contributed by atoms with van der Waals surface area (Å²) in [5.41, 5.74) is 1.41. The van der Waals surface area contributed by atoms with Crippen molar-refractivity contribution in [3.63, 3.8) is 0 Å². The molecular weight excluding hydrogens is 404 g/mol. The van der Waals surface area contributed by atoms with Gasteiger partial charge in [-0.15, -0.1) is 16.4 Å². The molecule has 0 bridgehead atoms. The first kappa shape index (κ1) is 18.8. The predicted molar refractivity (Wildman–Crippen MR) is 101 cm³/mol. The van der Waals surface area contributed by atoms with Crippen LogP contribution in [0.3, 0.4) is 0 Å². The molecular formula is C16H18N6O4S2. The zero-order valence-corrected chi connectivity index (χ0v) is 16.8. The summed E-state index contributed by atoms with van der Waals surface area (Å²) in [6, 6.07) is 4.07. The first-order valence-corrected chi connectivity index (χ1v) is 10.9. The molecule has 28 heavy (non-hydrogen) atoms. The molecule has 3 aromatic heterocycles. The van der Waals surface area contributed by atoms with Crippen molar-refractivity contribution in [2.45, 2.75) is 30.0 Å². The van der Waals surface area contributed by atoms with E-state index in [1.54, 1.807) is 29.2 Å². The van der Waals surface area contributed by atoms with Crippen LogP contribution in [0.5, 0.6) is 0 Å². The van der Waals surface area contributed by atoms with Gasteiger partial charge in [-0.05, 0) is 37.3 Å². The number of aryl methyl sites for hydroxylation is 2. The maximum atomic E-state index is 12.8. The predicted octanol–water partition coefficient (Wildman–Crippen LogP) is 1.63. The lowest BCUT2D eigenvalue weighted by molar-refractivity contribution is -0.119. The lowest BCUT2D eigenvalue weighted by Crippen LogP contribution is -2.42. The van der Waals surface area contributed by atoms with E-state index in [2.05, 4.69) is 20.6 Å². The zero-order chi connectivity index (χ0) is 19.9. The molecule has 1 atom stereocenters.